The summed E-state index contributed by atoms with van der Waals surface area (Å²) in [5.74, 6) is -0.178. The van der Waals surface area contributed by atoms with Crippen molar-refractivity contribution in [1.82, 2.24) is 5.32 Å². The second-order valence-corrected chi connectivity index (χ2v) is 8.49. The number of benzene rings is 2. The molecule has 0 bridgehead atoms. The molecule has 2 aromatic rings. The SMILES string of the molecule is B[C@H](Cc1ccc(C)cc1)NC(=O)CCN(c1ccccc1)S(C)(=O)=O. The minimum Gasteiger partial charge on any atom is -0.361 e. The molecule has 0 fully saturated rings. The monoisotopic (exact) mass is 372 g/mol. The first-order valence-electron chi connectivity index (χ1n) is 8.63. The van der Waals surface area contributed by atoms with E-state index < -0.39 is 10.0 Å². The quantitative estimate of drug-likeness (QED) is 0.714. The number of nitrogens with zero attached hydrogens (tertiary/aromatic N) is 1. The van der Waals surface area contributed by atoms with Crippen LogP contribution >= 0.6 is 0 Å². The van der Waals surface area contributed by atoms with Gasteiger partial charge in [0.05, 0.1) is 11.9 Å². The van der Waals surface area contributed by atoms with E-state index in [4.69, 9.17) is 0 Å². The molecule has 2 aromatic carbocycles. The summed E-state index contributed by atoms with van der Waals surface area (Å²) in [6.07, 6.45) is 2.00. The van der Waals surface area contributed by atoms with E-state index in [0.29, 0.717) is 5.69 Å². The average Bonchev–Trinajstić information content (AvgIpc) is 2.57. The Bertz CT molecular complexity index is 824. The van der Waals surface area contributed by atoms with Crippen molar-refractivity contribution in [3.63, 3.8) is 0 Å². The van der Waals surface area contributed by atoms with E-state index in [-0.39, 0.29) is 24.8 Å². The van der Waals surface area contributed by atoms with Crippen LogP contribution in [0.2, 0.25) is 0 Å². The van der Waals surface area contributed by atoms with Crippen LogP contribution < -0.4 is 9.62 Å². The van der Waals surface area contributed by atoms with Gasteiger partial charge in [0.2, 0.25) is 15.9 Å². The molecule has 1 amide bonds. The van der Waals surface area contributed by atoms with E-state index in [9.17, 15) is 13.2 Å². The van der Waals surface area contributed by atoms with Gasteiger partial charge in [-0.3, -0.25) is 9.10 Å². The zero-order valence-electron chi connectivity index (χ0n) is 15.5. The Balaban J connectivity index is 1.90. The van der Waals surface area contributed by atoms with Gasteiger partial charge in [-0.25, -0.2) is 8.42 Å². The topological polar surface area (TPSA) is 66.5 Å². The summed E-state index contributed by atoms with van der Waals surface area (Å²) in [6.45, 7) is 2.15. The Hall–Kier alpha value is -2.28. The Kier molecular flexibility index (Phi) is 6.86. The Labute approximate surface area is 156 Å². The van der Waals surface area contributed by atoms with Crippen LogP contribution in [0.1, 0.15) is 17.5 Å². The molecule has 0 saturated heterocycles. The number of sulfonamides is 1. The Morgan fingerprint density at radius 1 is 1.12 bits per heavy atom. The van der Waals surface area contributed by atoms with E-state index >= 15 is 0 Å². The molecule has 0 aliphatic heterocycles. The Morgan fingerprint density at radius 2 is 1.73 bits per heavy atom. The molecular formula is C19H25BN2O3S. The molecule has 0 aliphatic rings. The van der Waals surface area contributed by atoms with Gasteiger partial charge in [0.25, 0.3) is 0 Å². The highest BCUT2D eigenvalue weighted by molar-refractivity contribution is 7.92. The molecule has 138 valence electrons. The van der Waals surface area contributed by atoms with Crippen LogP contribution in [-0.2, 0) is 21.2 Å². The second-order valence-electron chi connectivity index (χ2n) is 6.58. The number of hydrogen-bond donors (Lipinski definition) is 1. The third kappa shape index (κ3) is 6.22. The third-order valence-electron chi connectivity index (χ3n) is 4.06. The van der Waals surface area contributed by atoms with Crippen LogP contribution in [0.4, 0.5) is 5.69 Å². The van der Waals surface area contributed by atoms with Gasteiger partial charge in [-0.2, -0.15) is 0 Å². The first kappa shape index (κ1) is 20.0. The lowest BCUT2D eigenvalue weighted by molar-refractivity contribution is -0.121. The van der Waals surface area contributed by atoms with Gasteiger partial charge in [-0.05, 0) is 31.0 Å². The minimum atomic E-state index is -3.44. The van der Waals surface area contributed by atoms with Gasteiger partial charge < -0.3 is 5.32 Å². The van der Waals surface area contributed by atoms with Crippen molar-refractivity contribution in [2.75, 3.05) is 17.1 Å². The number of nitrogens with one attached hydrogen (secondary N) is 1. The highest BCUT2D eigenvalue weighted by Gasteiger charge is 2.18. The lowest BCUT2D eigenvalue weighted by Gasteiger charge is -2.22. The van der Waals surface area contributed by atoms with Crippen molar-refractivity contribution in [2.24, 2.45) is 0 Å². The molecule has 5 nitrogen and oxygen atoms in total. The standard InChI is InChI=1S/C19H25BN2O3S/c1-15-8-10-16(11-9-15)14-18(20)21-19(23)12-13-22(26(2,24)25)17-6-4-3-5-7-17/h3-11,18H,12-14,20H2,1-2H3,(H,21,23)/t18-/m0/s1. The number of carbonyl (C=O) groups excluding carboxylic acids is 1. The van der Waals surface area contributed by atoms with Crippen molar-refractivity contribution in [2.45, 2.75) is 25.7 Å². The molecule has 0 saturated carbocycles. The average molecular weight is 372 g/mol. The number of aryl methyl sites for hydroxylation is 1. The molecule has 2 rings (SSSR count). The fourth-order valence-electron chi connectivity index (χ4n) is 2.76. The van der Waals surface area contributed by atoms with Gasteiger partial charge in [-0.1, -0.05) is 48.0 Å². The summed E-state index contributed by atoms with van der Waals surface area (Å²) in [5.41, 5.74) is 2.92. The maximum atomic E-state index is 12.2. The summed E-state index contributed by atoms with van der Waals surface area (Å²) < 4.78 is 25.3. The molecule has 0 spiro atoms. The smallest absolute Gasteiger partial charge is 0.232 e. The normalized spacial score (nSPS) is 12.4. The van der Waals surface area contributed by atoms with Crippen molar-refractivity contribution in [3.8, 4) is 0 Å². The molecule has 0 aliphatic carbocycles. The molecular weight excluding hydrogens is 347 g/mol. The van der Waals surface area contributed by atoms with Gasteiger partial charge in [0.15, 0.2) is 0 Å². The van der Waals surface area contributed by atoms with Crippen LogP contribution in [0.25, 0.3) is 0 Å². The summed E-state index contributed by atoms with van der Waals surface area (Å²) in [4.78, 5) is 12.2. The molecule has 0 aromatic heterocycles. The van der Waals surface area contributed by atoms with Crippen molar-refractivity contribution in [1.29, 1.82) is 0 Å². The van der Waals surface area contributed by atoms with E-state index in [1.165, 1.54) is 9.87 Å². The van der Waals surface area contributed by atoms with Crippen LogP contribution in [0.5, 0.6) is 0 Å². The van der Waals surface area contributed by atoms with E-state index in [0.717, 1.165) is 18.2 Å². The van der Waals surface area contributed by atoms with Crippen LogP contribution in [0, 0.1) is 6.92 Å². The highest BCUT2D eigenvalue weighted by Crippen LogP contribution is 2.17. The number of anilines is 1. The summed E-state index contributed by atoms with van der Waals surface area (Å²) in [6, 6.07) is 17.0. The fourth-order valence-corrected chi connectivity index (χ4v) is 3.69. The predicted molar refractivity (Wildman–Crippen MR) is 109 cm³/mol. The molecule has 7 heteroatoms. The van der Waals surface area contributed by atoms with Gasteiger partial charge in [-0.15, -0.1) is 0 Å². The lowest BCUT2D eigenvalue weighted by atomic mass is 9.89. The molecule has 1 atom stereocenters. The molecule has 1 N–H and O–H groups in total. The van der Waals surface area contributed by atoms with Crippen molar-refractivity contribution >= 4 is 29.5 Å². The number of para-hydroxylation sites is 1. The van der Waals surface area contributed by atoms with Gasteiger partial charge >= 0.3 is 0 Å². The number of amides is 1. The molecule has 0 heterocycles. The van der Waals surface area contributed by atoms with Crippen LogP contribution in [-0.4, -0.2) is 40.9 Å². The zero-order chi connectivity index (χ0) is 19.2. The number of rotatable bonds is 8. The highest BCUT2D eigenvalue weighted by atomic mass is 32.2. The molecule has 26 heavy (non-hydrogen) atoms. The van der Waals surface area contributed by atoms with E-state index in [2.05, 4.69) is 17.4 Å². The van der Waals surface area contributed by atoms with E-state index in [1.54, 1.807) is 24.3 Å². The minimum absolute atomic E-state index is 0.0198. The lowest BCUT2D eigenvalue weighted by Crippen LogP contribution is -2.39. The maximum absolute atomic E-state index is 12.2. The largest absolute Gasteiger partial charge is 0.361 e. The summed E-state index contributed by atoms with van der Waals surface area (Å²) in [5, 5.41) is 2.94. The van der Waals surface area contributed by atoms with Gasteiger partial charge in [0, 0.05) is 18.9 Å². The zero-order valence-corrected chi connectivity index (χ0v) is 16.3. The molecule has 0 unspecified atom stereocenters. The maximum Gasteiger partial charge on any atom is 0.232 e. The van der Waals surface area contributed by atoms with Crippen LogP contribution in [0.15, 0.2) is 54.6 Å². The third-order valence-corrected chi connectivity index (χ3v) is 5.25. The van der Waals surface area contributed by atoms with Crippen LogP contribution in [0.3, 0.4) is 0 Å². The fraction of sp³-hybridized carbons (Fsp3) is 0.316. The number of carbonyl (C=O) groups is 1. The molecule has 0 radical (unpaired) electrons. The summed E-state index contributed by atoms with van der Waals surface area (Å²) in [7, 11) is -1.49. The van der Waals surface area contributed by atoms with Gasteiger partial charge in [0.1, 0.15) is 7.85 Å². The first-order valence-corrected chi connectivity index (χ1v) is 10.5. The predicted octanol–water partition coefficient (Wildman–Crippen LogP) is 1.47. The van der Waals surface area contributed by atoms with Crippen molar-refractivity contribution in [3.05, 3.63) is 65.7 Å². The second kappa shape index (κ2) is 8.89. The summed E-state index contributed by atoms with van der Waals surface area (Å²) >= 11 is 0. The van der Waals surface area contributed by atoms with E-state index in [1.807, 2.05) is 33.0 Å². The number of hydrogen-bond acceptors (Lipinski definition) is 3. The first-order chi connectivity index (χ1) is 12.3. The van der Waals surface area contributed by atoms with Crippen molar-refractivity contribution < 1.29 is 13.2 Å². The Morgan fingerprint density at radius 3 is 2.31 bits per heavy atom.